The Bertz CT molecular complexity index is 1780. The number of alkyl halides is 3. The second-order valence-electron chi connectivity index (χ2n) is 12.3. The molecule has 0 unspecified atom stereocenters. The lowest BCUT2D eigenvalue weighted by Crippen LogP contribution is -2.64. The van der Waals surface area contributed by atoms with Gasteiger partial charge in [-0.3, -0.25) is 14.4 Å². The molecule has 1 saturated heterocycles. The monoisotopic (exact) mass is 634 g/mol. The van der Waals surface area contributed by atoms with Gasteiger partial charge in [0.15, 0.2) is 0 Å². The Kier molecular flexibility index (Phi) is 8.20. The smallest absolute Gasteiger partial charge is 0.416 e. The van der Waals surface area contributed by atoms with Crippen molar-refractivity contribution in [1.82, 2.24) is 20.1 Å². The average Bonchev–Trinajstić information content (AvgIpc) is 3.71. The molecule has 2 aliphatic heterocycles. The molecule has 46 heavy (non-hydrogen) atoms. The Morgan fingerprint density at radius 1 is 1.11 bits per heavy atom. The quantitative estimate of drug-likeness (QED) is 0.239. The van der Waals surface area contributed by atoms with E-state index >= 15 is 0 Å². The highest BCUT2D eigenvalue weighted by atomic mass is 19.4. The molecule has 0 saturated carbocycles. The lowest BCUT2D eigenvalue weighted by Gasteiger charge is -2.54. The zero-order chi connectivity index (χ0) is 32.8. The van der Waals surface area contributed by atoms with Gasteiger partial charge in [-0.25, -0.2) is 0 Å². The summed E-state index contributed by atoms with van der Waals surface area (Å²) >= 11 is 0. The Morgan fingerprint density at radius 2 is 1.89 bits per heavy atom. The topological polar surface area (TPSA) is 98.6 Å². The fraction of sp³-hybridized carbons (Fsp3) is 0.400. The van der Waals surface area contributed by atoms with Crippen molar-refractivity contribution in [2.75, 3.05) is 19.6 Å². The Labute approximate surface area is 264 Å². The van der Waals surface area contributed by atoms with Crippen LogP contribution < -0.4 is 5.32 Å². The molecule has 0 radical (unpaired) electrons. The predicted molar refractivity (Wildman–Crippen MR) is 166 cm³/mol. The molecule has 8 nitrogen and oxygen atoms in total. The standard InChI is InChI=1S/C35H37F3N4O4/c1-4-41(5-2)33(45)27-17-23(19-30(43)39-20-21-8-6-9-24(16-21)35(36,37)38)32(44)42-14-13-26-25-12-11-22(29-10-7-15-46-29)18-28(25)40-31(26)34(27,42)3/h6-12,15-16,18,23,27,40H,4-5,13-14,17,19-20H2,1-3H3,(H,39,43)/t23-,27-,34+/m1/s1. The van der Waals surface area contributed by atoms with Crippen LogP contribution in [-0.4, -0.2) is 52.1 Å². The zero-order valence-electron chi connectivity index (χ0n) is 26.0. The van der Waals surface area contributed by atoms with Crippen molar-refractivity contribution in [2.45, 2.75) is 58.3 Å². The van der Waals surface area contributed by atoms with Crippen LogP contribution in [0.15, 0.2) is 65.3 Å². The summed E-state index contributed by atoms with van der Waals surface area (Å²) in [7, 11) is 0. The molecule has 242 valence electrons. The van der Waals surface area contributed by atoms with Gasteiger partial charge in [0.05, 0.1) is 23.3 Å². The van der Waals surface area contributed by atoms with Gasteiger partial charge in [-0.15, -0.1) is 0 Å². The number of carbonyl (C=O) groups excluding carboxylic acids is 3. The predicted octanol–water partition coefficient (Wildman–Crippen LogP) is 6.26. The molecule has 0 aliphatic carbocycles. The van der Waals surface area contributed by atoms with Crippen molar-refractivity contribution in [1.29, 1.82) is 0 Å². The SMILES string of the molecule is CCN(CC)C(=O)[C@H]1C[C@H](CC(=O)NCc2cccc(C(F)(F)F)c2)C(=O)N2CCc3c([nH]c4cc(-c5ccco5)ccc34)[C@]12C. The van der Waals surface area contributed by atoms with Gasteiger partial charge in [-0.1, -0.05) is 24.3 Å². The summed E-state index contributed by atoms with van der Waals surface area (Å²) in [5.74, 6) is -1.39. The van der Waals surface area contributed by atoms with Crippen LogP contribution in [0.3, 0.4) is 0 Å². The molecule has 2 aromatic carbocycles. The van der Waals surface area contributed by atoms with E-state index in [9.17, 15) is 27.6 Å². The number of piperidine rings is 1. The minimum absolute atomic E-state index is 0.0813. The summed E-state index contributed by atoms with van der Waals surface area (Å²) in [6.07, 6.45) is -2.29. The van der Waals surface area contributed by atoms with Crippen molar-refractivity contribution >= 4 is 28.6 Å². The third-order valence-electron chi connectivity index (χ3n) is 9.73. The highest BCUT2D eigenvalue weighted by Gasteiger charge is 2.57. The van der Waals surface area contributed by atoms with Crippen LogP contribution in [0.5, 0.6) is 0 Å². The number of furan rings is 1. The lowest BCUT2D eigenvalue weighted by atomic mass is 9.67. The maximum Gasteiger partial charge on any atom is 0.416 e. The number of nitrogens with zero attached hydrogens (tertiary/aromatic N) is 2. The summed E-state index contributed by atoms with van der Waals surface area (Å²) < 4.78 is 45.1. The van der Waals surface area contributed by atoms with E-state index in [1.54, 1.807) is 16.1 Å². The second kappa shape index (κ2) is 12.0. The number of aromatic nitrogens is 1. The van der Waals surface area contributed by atoms with Crippen molar-refractivity contribution < 1.29 is 32.0 Å². The molecule has 0 spiro atoms. The number of carbonyl (C=O) groups is 3. The minimum Gasteiger partial charge on any atom is -0.464 e. The first-order valence-corrected chi connectivity index (χ1v) is 15.7. The number of rotatable bonds is 8. The van der Waals surface area contributed by atoms with Crippen LogP contribution in [0.1, 0.15) is 56.0 Å². The average molecular weight is 635 g/mol. The summed E-state index contributed by atoms with van der Waals surface area (Å²) in [4.78, 5) is 48.5. The number of benzene rings is 2. The van der Waals surface area contributed by atoms with Crippen LogP contribution in [0.25, 0.3) is 22.2 Å². The highest BCUT2D eigenvalue weighted by molar-refractivity contribution is 5.93. The molecule has 2 aromatic heterocycles. The van der Waals surface area contributed by atoms with E-state index in [1.807, 2.05) is 51.1 Å². The molecular formula is C35H37F3N4O4. The van der Waals surface area contributed by atoms with Crippen LogP contribution in [0, 0.1) is 11.8 Å². The molecule has 1 fully saturated rings. The lowest BCUT2D eigenvalue weighted by molar-refractivity contribution is -0.164. The Hall–Kier alpha value is -4.54. The third-order valence-corrected chi connectivity index (χ3v) is 9.73. The molecule has 4 heterocycles. The van der Waals surface area contributed by atoms with Crippen molar-refractivity contribution in [2.24, 2.45) is 11.8 Å². The van der Waals surface area contributed by atoms with Crippen molar-refractivity contribution in [3.05, 3.63) is 83.2 Å². The van der Waals surface area contributed by atoms with Gasteiger partial charge in [0, 0.05) is 60.7 Å². The van der Waals surface area contributed by atoms with Gasteiger partial charge < -0.3 is 24.5 Å². The van der Waals surface area contributed by atoms with E-state index in [4.69, 9.17) is 4.42 Å². The maximum atomic E-state index is 14.2. The van der Waals surface area contributed by atoms with Gasteiger partial charge in [0.25, 0.3) is 0 Å². The van der Waals surface area contributed by atoms with E-state index in [0.29, 0.717) is 31.6 Å². The van der Waals surface area contributed by atoms with Crippen LogP contribution in [0.4, 0.5) is 13.2 Å². The first-order valence-electron chi connectivity index (χ1n) is 15.7. The summed E-state index contributed by atoms with van der Waals surface area (Å²) in [5, 5.41) is 3.71. The molecule has 2 N–H and O–H groups in total. The fourth-order valence-electron chi connectivity index (χ4n) is 7.29. The van der Waals surface area contributed by atoms with Gasteiger partial charge in [-0.2, -0.15) is 13.2 Å². The van der Waals surface area contributed by atoms with Gasteiger partial charge in [0.2, 0.25) is 17.7 Å². The Morgan fingerprint density at radius 3 is 2.59 bits per heavy atom. The molecule has 4 aromatic rings. The van der Waals surface area contributed by atoms with Crippen LogP contribution in [0.2, 0.25) is 0 Å². The van der Waals surface area contributed by atoms with Gasteiger partial charge in [-0.05, 0) is 75.1 Å². The number of hydrogen-bond acceptors (Lipinski definition) is 4. The molecule has 11 heteroatoms. The van der Waals surface area contributed by atoms with Gasteiger partial charge in [0.1, 0.15) is 5.76 Å². The minimum atomic E-state index is -4.49. The first-order chi connectivity index (χ1) is 21.9. The zero-order valence-corrected chi connectivity index (χ0v) is 26.0. The normalized spacial score (nSPS) is 21.2. The first kappa shape index (κ1) is 31.4. The maximum absolute atomic E-state index is 14.2. The number of nitrogens with one attached hydrogen (secondary N) is 2. The van der Waals surface area contributed by atoms with E-state index in [-0.39, 0.29) is 31.2 Å². The summed E-state index contributed by atoms with van der Waals surface area (Å²) in [5.41, 5.74) is 2.23. The van der Waals surface area contributed by atoms with E-state index in [2.05, 4.69) is 10.3 Å². The van der Waals surface area contributed by atoms with Crippen LogP contribution in [-0.2, 0) is 39.1 Å². The number of amides is 3. The number of fused-ring (bicyclic) bond motifs is 5. The number of hydrogen-bond donors (Lipinski definition) is 2. The van der Waals surface area contributed by atoms with E-state index in [0.717, 1.165) is 45.6 Å². The largest absolute Gasteiger partial charge is 0.464 e. The van der Waals surface area contributed by atoms with Crippen molar-refractivity contribution in [3.63, 3.8) is 0 Å². The van der Waals surface area contributed by atoms with E-state index < -0.39 is 35.0 Å². The molecule has 2 aliphatic rings. The Balaban J connectivity index is 1.30. The third kappa shape index (κ3) is 5.45. The number of halogens is 3. The fourth-order valence-corrected chi connectivity index (χ4v) is 7.29. The molecular weight excluding hydrogens is 597 g/mol. The highest BCUT2D eigenvalue weighted by Crippen LogP contribution is 2.50. The number of H-pyrrole nitrogens is 1. The molecule has 0 bridgehead atoms. The summed E-state index contributed by atoms with van der Waals surface area (Å²) in [6, 6.07) is 14.6. The second-order valence-corrected chi connectivity index (χ2v) is 12.3. The number of aromatic amines is 1. The van der Waals surface area contributed by atoms with Crippen LogP contribution >= 0.6 is 0 Å². The molecule has 3 amide bonds. The van der Waals surface area contributed by atoms with E-state index in [1.165, 1.54) is 12.1 Å². The summed E-state index contributed by atoms with van der Waals surface area (Å²) in [6.45, 7) is 7.07. The van der Waals surface area contributed by atoms with Gasteiger partial charge >= 0.3 is 6.18 Å². The van der Waals surface area contributed by atoms with Crippen molar-refractivity contribution in [3.8, 4) is 11.3 Å². The molecule has 6 rings (SSSR count). The molecule has 3 atom stereocenters.